The Bertz CT molecular complexity index is 872. The van der Waals surface area contributed by atoms with Crippen molar-refractivity contribution in [2.45, 2.75) is 57.2 Å². The molecular weight excluding hydrogens is 399 g/mol. The van der Waals surface area contributed by atoms with Crippen molar-refractivity contribution in [3.8, 4) is 0 Å². The fourth-order valence-corrected chi connectivity index (χ4v) is 3.83. The van der Waals surface area contributed by atoms with Crippen LogP contribution in [-0.2, 0) is 33.3 Å². The molecule has 0 bridgehead atoms. The Labute approximate surface area is 172 Å². The van der Waals surface area contributed by atoms with E-state index in [9.17, 15) is 22.8 Å². The lowest BCUT2D eigenvalue weighted by atomic mass is 9.94. The number of carbonyl (C=O) groups is 2. The summed E-state index contributed by atoms with van der Waals surface area (Å²) in [6.45, 7) is 0. The van der Waals surface area contributed by atoms with Gasteiger partial charge in [0.1, 0.15) is 0 Å². The van der Waals surface area contributed by atoms with Crippen LogP contribution in [0.25, 0.3) is 0 Å². The van der Waals surface area contributed by atoms with E-state index in [0.717, 1.165) is 38.2 Å². The van der Waals surface area contributed by atoms with E-state index in [-0.39, 0.29) is 18.6 Å². The van der Waals surface area contributed by atoms with Gasteiger partial charge in [0, 0.05) is 18.1 Å². The molecule has 1 aliphatic carbocycles. The van der Waals surface area contributed by atoms with Gasteiger partial charge in [0.15, 0.2) is 11.5 Å². The largest absolute Gasteiger partial charge is 0.469 e. The number of rotatable bonds is 8. The molecule has 1 atom stereocenters. The Morgan fingerprint density at radius 3 is 2.50 bits per heavy atom. The molecule has 9 heteroatoms. The molecule has 0 unspecified atom stereocenters. The number of alkyl halides is 3. The molecule has 3 rings (SSSR count). The van der Waals surface area contributed by atoms with Crippen molar-refractivity contribution in [2.24, 2.45) is 5.92 Å². The number of ketones is 1. The monoisotopic (exact) mass is 423 g/mol. The average Bonchev–Trinajstić information content (AvgIpc) is 3.39. The molecule has 0 aromatic carbocycles. The highest BCUT2D eigenvalue weighted by Gasteiger charge is 2.35. The highest BCUT2D eigenvalue weighted by molar-refractivity contribution is 5.84. The van der Waals surface area contributed by atoms with Gasteiger partial charge in [0.25, 0.3) is 0 Å². The molecule has 2 aromatic rings. The first-order valence-corrected chi connectivity index (χ1v) is 9.90. The SMILES string of the molecule is COC(=O)Cc1ccc(CC(=O)[C@H](CC2CCCC2)n2cnc(C(F)(F)F)c2)nc1. The second kappa shape index (κ2) is 9.40. The molecule has 0 radical (unpaired) electrons. The zero-order chi connectivity index (χ0) is 21.7. The van der Waals surface area contributed by atoms with E-state index >= 15 is 0 Å². The smallest absolute Gasteiger partial charge is 0.434 e. The standard InChI is InChI=1S/C21H24F3N3O3/c1-30-20(29)9-15-6-7-16(25-11-15)10-18(28)17(8-14-4-2-3-5-14)27-12-19(26-13-27)21(22,23)24/h6-7,11-14,17H,2-5,8-10H2,1H3/t17-/m0/s1. The second-order valence-corrected chi connectivity index (χ2v) is 7.66. The van der Waals surface area contributed by atoms with Crippen LogP contribution in [0.4, 0.5) is 13.2 Å². The molecule has 1 saturated carbocycles. The Kier molecular flexibility index (Phi) is 6.89. The van der Waals surface area contributed by atoms with Crippen LogP contribution in [0.5, 0.6) is 0 Å². The van der Waals surface area contributed by atoms with Gasteiger partial charge in [-0.05, 0) is 24.0 Å². The lowest BCUT2D eigenvalue weighted by molar-refractivity contribution is -0.141. The fourth-order valence-electron chi connectivity index (χ4n) is 3.83. The van der Waals surface area contributed by atoms with E-state index in [0.29, 0.717) is 23.6 Å². The molecule has 2 heterocycles. The van der Waals surface area contributed by atoms with Gasteiger partial charge in [0.2, 0.25) is 0 Å². The summed E-state index contributed by atoms with van der Waals surface area (Å²) in [6.07, 6.45) is 3.63. The van der Waals surface area contributed by atoms with Crippen molar-refractivity contribution in [2.75, 3.05) is 7.11 Å². The maximum Gasteiger partial charge on any atom is 0.434 e. The Balaban J connectivity index is 1.74. The summed E-state index contributed by atoms with van der Waals surface area (Å²) in [4.78, 5) is 32.0. The number of pyridine rings is 1. The Hall–Kier alpha value is -2.71. The zero-order valence-corrected chi connectivity index (χ0v) is 16.7. The molecule has 30 heavy (non-hydrogen) atoms. The highest BCUT2D eigenvalue weighted by atomic mass is 19.4. The van der Waals surface area contributed by atoms with Crippen molar-refractivity contribution in [3.05, 3.63) is 47.8 Å². The highest BCUT2D eigenvalue weighted by Crippen LogP contribution is 2.34. The van der Waals surface area contributed by atoms with Gasteiger partial charge >= 0.3 is 12.1 Å². The quantitative estimate of drug-likeness (QED) is 0.601. The van der Waals surface area contributed by atoms with Crippen molar-refractivity contribution in [1.82, 2.24) is 14.5 Å². The van der Waals surface area contributed by atoms with Crippen LogP contribution in [0, 0.1) is 5.92 Å². The molecule has 2 aromatic heterocycles. The predicted molar refractivity (Wildman–Crippen MR) is 102 cm³/mol. The third-order valence-corrected chi connectivity index (χ3v) is 5.47. The maximum atomic E-state index is 13.0. The number of aromatic nitrogens is 3. The number of carbonyl (C=O) groups excluding carboxylic acids is 2. The fraction of sp³-hybridized carbons (Fsp3) is 0.524. The molecule has 162 valence electrons. The third-order valence-electron chi connectivity index (χ3n) is 5.47. The molecular formula is C21H24F3N3O3. The number of nitrogens with zero attached hydrogens (tertiary/aromatic N) is 3. The van der Waals surface area contributed by atoms with Crippen molar-refractivity contribution in [1.29, 1.82) is 0 Å². The average molecular weight is 423 g/mol. The minimum absolute atomic E-state index is 0.00454. The van der Waals surface area contributed by atoms with Crippen molar-refractivity contribution < 1.29 is 27.5 Å². The minimum atomic E-state index is -4.55. The number of Topliss-reactive ketones (excluding diaryl/α,β-unsaturated/α-hetero) is 1. The second-order valence-electron chi connectivity index (χ2n) is 7.66. The van der Waals surface area contributed by atoms with Crippen LogP contribution in [-0.4, -0.2) is 33.4 Å². The third kappa shape index (κ3) is 5.67. The molecule has 6 nitrogen and oxygen atoms in total. The lowest BCUT2D eigenvalue weighted by Gasteiger charge is -2.21. The summed E-state index contributed by atoms with van der Waals surface area (Å²) in [5.41, 5.74) is 0.156. The molecule has 0 aliphatic heterocycles. The van der Waals surface area contributed by atoms with Gasteiger partial charge in [-0.25, -0.2) is 4.98 Å². The topological polar surface area (TPSA) is 74.1 Å². The number of methoxy groups -OCH3 is 1. The molecule has 0 spiro atoms. The van der Waals surface area contributed by atoms with Gasteiger partial charge < -0.3 is 9.30 Å². The van der Waals surface area contributed by atoms with E-state index in [4.69, 9.17) is 0 Å². The minimum Gasteiger partial charge on any atom is -0.469 e. The van der Waals surface area contributed by atoms with Crippen LogP contribution < -0.4 is 0 Å². The first kappa shape index (κ1) is 22.0. The van der Waals surface area contributed by atoms with E-state index in [1.165, 1.54) is 17.9 Å². The summed E-state index contributed by atoms with van der Waals surface area (Å²) >= 11 is 0. The first-order valence-electron chi connectivity index (χ1n) is 9.90. The van der Waals surface area contributed by atoms with Gasteiger partial charge in [-0.15, -0.1) is 0 Å². The predicted octanol–water partition coefficient (Wildman–Crippen LogP) is 3.95. The zero-order valence-electron chi connectivity index (χ0n) is 16.7. The number of hydrogen-bond donors (Lipinski definition) is 0. The van der Waals surface area contributed by atoms with Gasteiger partial charge in [-0.3, -0.25) is 14.6 Å². The molecule has 1 fully saturated rings. The molecule has 0 N–H and O–H groups in total. The van der Waals surface area contributed by atoms with E-state index < -0.39 is 23.9 Å². The van der Waals surface area contributed by atoms with Crippen molar-refractivity contribution >= 4 is 11.8 Å². The number of esters is 1. The van der Waals surface area contributed by atoms with E-state index in [1.54, 1.807) is 12.1 Å². The first-order chi connectivity index (χ1) is 14.3. The maximum absolute atomic E-state index is 13.0. The molecule has 1 aliphatic rings. The van der Waals surface area contributed by atoms with Crippen LogP contribution in [0.2, 0.25) is 0 Å². The van der Waals surface area contributed by atoms with Crippen LogP contribution in [0.3, 0.4) is 0 Å². The van der Waals surface area contributed by atoms with Crippen LogP contribution >= 0.6 is 0 Å². The van der Waals surface area contributed by atoms with E-state index in [2.05, 4.69) is 14.7 Å². The number of halogens is 3. The number of imidazole rings is 1. The molecule has 0 saturated heterocycles. The van der Waals surface area contributed by atoms with Gasteiger partial charge in [0.05, 0.1) is 32.3 Å². The molecule has 0 amide bonds. The summed E-state index contributed by atoms with van der Waals surface area (Å²) in [7, 11) is 1.30. The Morgan fingerprint density at radius 2 is 1.93 bits per heavy atom. The van der Waals surface area contributed by atoms with Gasteiger partial charge in [-0.1, -0.05) is 31.7 Å². The summed E-state index contributed by atoms with van der Waals surface area (Å²) < 4.78 is 44.8. The summed E-state index contributed by atoms with van der Waals surface area (Å²) in [6, 6.07) is 2.63. The normalized spacial score (nSPS) is 15.9. The number of ether oxygens (including phenoxy) is 1. The van der Waals surface area contributed by atoms with Gasteiger partial charge in [-0.2, -0.15) is 13.2 Å². The van der Waals surface area contributed by atoms with Crippen molar-refractivity contribution in [3.63, 3.8) is 0 Å². The number of hydrogen-bond acceptors (Lipinski definition) is 5. The van der Waals surface area contributed by atoms with Crippen LogP contribution in [0.1, 0.15) is 55.1 Å². The Morgan fingerprint density at radius 1 is 1.20 bits per heavy atom. The summed E-state index contributed by atoms with van der Waals surface area (Å²) in [5, 5.41) is 0. The van der Waals surface area contributed by atoms with E-state index in [1.807, 2.05) is 0 Å². The summed E-state index contributed by atoms with van der Waals surface area (Å²) in [5.74, 6) is -0.287. The van der Waals surface area contributed by atoms with Crippen LogP contribution in [0.15, 0.2) is 30.9 Å². The lowest BCUT2D eigenvalue weighted by Crippen LogP contribution is -2.23.